The van der Waals surface area contributed by atoms with Gasteiger partial charge < -0.3 is 20.7 Å². The van der Waals surface area contributed by atoms with Gasteiger partial charge in [0.1, 0.15) is 5.82 Å². The summed E-state index contributed by atoms with van der Waals surface area (Å²) in [5.74, 6) is 0.823. The Kier molecular flexibility index (Phi) is 5.91. The summed E-state index contributed by atoms with van der Waals surface area (Å²) in [7, 11) is 0. The number of aromatic nitrogens is 1. The predicted molar refractivity (Wildman–Crippen MR) is 94.1 cm³/mol. The largest absolute Gasteiger partial charge is 0.375 e. The lowest BCUT2D eigenvalue weighted by Gasteiger charge is -2.43. The van der Waals surface area contributed by atoms with E-state index in [0.717, 1.165) is 38.1 Å². The summed E-state index contributed by atoms with van der Waals surface area (Å²) in [6, 6.07) is 5.85. The van der Waals surface area contributed by atoms with Crippen molar-refractivity contribution in [3.63, 3.8) is 0 Å². The number of nitrogens with zero attached hydrogens (tertiary/aromatic N) is 1. The van der Waals surface area contributed by atoms with E-state index in [2.05, 4.69) is 20.9 Å². The van der Waals surface area contributed by atoms with Crippen LogP contribution in [0.2, 0.25) is 0 Å². The highest BCUT2D eigenvalue weighted by Crippen LogP contribution is 2.38. The maximum atomic E-state index is 12.1. The third-order valence-corrected chi connectivity index (χ3v) is 4.97. The van der Waals surface area contributed by atoms with Crippen molar-refractivity contribution in [2.45, 2.75) is 56.6 Å². The highest BCUT2D eigenvalue weighted by Gasteiger charge is 2.38. The molecule has 6 nitrogen and oxygen atoms in total. The van der Waals surface area contributed by atoms with Gasteiger partial charge in [0.25, 0.3) is 0 Å². The molecule has 2 heterocycles. The topological polar surface area (TPSA) is 75.3 Å². The number of hydrogen-bond acceptors (Lipinski definition) is 4. The number of amides is 2. The van der Waals surface area contributed by atoms with Crippen LogP contribution in [0.1, 0.15) is 44.9 Å². The Morgan fingerprint density at radius 3 is 2.92 bits per heavy atom. The van der Waals surface area contributed by atoms with E-state index in [0.29, 0.717) is 13.1 Å². The number of hydrogen-bond donors (Lipinski definition) is 3. The van der Waals surface area contributed by atoms with Crippen LogP contribution in [0.25, 0.3) is 0 Å². The van der Waals surface area contributed by atoms with Crippen LogP contribution in [0.15, 0.2) is 24.4 Å². The minimum absolute atomic E-state index is 0.0228. The monoisotopic (exact) mass is 332 g/mol. The fraction of sp³-hybridized carbons (Fsp3) is 0.667. The maximum absolute atomic E-state index is 12.1. The number of pyridine rings is 1. The molecule has 0 aromatic carbocycles. The fourth-order valence-corrected chi connectivity index (χ4v) is 3.77. The molecule has 0 bridgehead atoms. The molecule has 2 amide bonds. The van der Waals surface area contributed by atoms with Gasteiger partial charge in [-0.05, 0) is 37.8 Å². The Labute approximate surface area is 143 Å². The lowest BCUT2D eigenvalue weighted by atomic mass is 9.78. The molecular weight excluding hydrogens is 304 g/mol. The molecule has 1 atom stereocenters. The van der Waals surface area contributed by atoms with Gasteiger partial charge in [-0.2, -0.15) is 0 Å². The van der Waals surface area contributed by atoms with Crippen molar-refractivity contribution >= 4 is 11.8 Å². The third kappa shape index (κ3) is 4.84. The maximum Gasteiger partial charge on any atom is 0.315 e. The number of nitrogens with one attached hydrogen (secondary N) is 3. The Balaban J connectivity index is 1.35. The summed E-state index contributed by atoms with van der Waals surface area (Å²) >= 11 is 0. The molecular formula is C18H28N4O2. The zero-order valence-electron chi connectivity index (χ0n) is 14.2. The Bertz CT molecular complexity index is 512. The highest BCUT2D eigenvalue weighted by molar-refractivity contribution is 5.74. The summed E-state index contributed by atoms with van der Waals surface area (Å²) in [5, 5.41) is 9.20. The number of anilines is 1. The molecule has 2 fully saturated rings. The van der Waals surface area contributed by atoms with Gasteiger partial charge in [-0.25, -0.2) is 9.78 Å². The van der Waals surface area contributed by atoms with Gasteiger partial charge >= 0.3 is 6.03 Å². The van der Waals surface area contributed by atoms with E-state index in [4.69, 9.17) is 4.74 Å². The molecule has 1 saturated carbocycles. The lowest BCUT2D eigenvalue weighted by Crippen LogP contribution is -2.51. The van der Waals surface area contributed by atoms with Gasteiger partial charge in [-0.1, -0.05) is 25.3 Å². The average Bonchev–Trinajstić information content (AvgIpc) is 2.60. The standard InChI is InChI=1S/C18H28N4O2/c23-17(21-12-11-20-16-6-2-5-10-19-16)22-15-7-13-24-18(14-15)8-3-1-4-9-18/h2,5-6,10,15H,1,3-4,7-9,11-14H2,(H,19,20)(H2,21,22,23)/t15-/m0/s1. The number of carbonyl (C=O) groups is 1. The molecule has 0 radical (unpaired) electrons. The smallest absolute Gasteiger partial charge is 0.315 e. The summed E-state index contributed by atoms with van der Waals surface area (Å²) in [6.45, 7) is 1.98. The van der Waals surface area contributed by atoms with E-state index >= 15 is 0 Å². The predicted octanol–water partition coefficient (Wildman–Crippen LogP) is 2.67. The number of ether oxygens (including phenoxy) is 1. The molecule has 1 aliphatic carbocycles. The van der Waals surface area contributed by atoms with Crippen LogP contribution in [-0.4, -0.2) is 42.4 Å². The zero-order chi connectivity index (χ0) is 16.7. The van der Waals surface area contributed by atoms with Crippen LogP contribution < -0.4 is 16.0 Å². The average molecular weight is 332 g/mol. The van der Waals surface area contributed by atoms with Crippen molar-refractivity contribution < 1.29 is 9.53 Å². The van der Waals surface area contributed by atoms with Gasteiger partial charge in [0.2, 0.25) is 0 Å². The fourth-order valence-electron chi connectivity index (χ4n) is 3.77. The first kappa shape index (κ1) is 17.0. The van der Waals surface area contributed by atoms with Crippen LogP contribution >= 0.6 is 0 Å². The van der Waals surface area contributed by atoms with Crippen LogP contribution in [-0.2, 0) is 4.74 Å². The van der Waals surface area contributed by atoms with Gasteiger partial charge in [0.15, 0.2) is 0 Å². The van der Waals surface area contributed by atoms with E-state index in [1.807, 2.05) is 18.2 Å². The van der Waals surface area contributed by atoms with Crippen molar-refractivity contribution in [2.75, 3.05) is 25.0 Å². The minimum atomic E-state index is -0.0873. The second-order valence-electron chi connectivity index (χ2n) is 6.82. The molecule has 1 spiro atoms. The molecule has 6 heteroatoms. The number of carbonyl (C=O) groups excluding carboxylic acids is 1. The van der Waals surface area contributed by atoms with Gasteiger partial charge in [0.05, 0.1) is 5.60 Å². The second kappa shape index (κ2) is 8.33. The van der Waals surface area contributed by atoms with Crippen LogP contribution in [0.4, 0.5) is 10.6 Å². The summed E-state index contributed by atoms with van der Waals surface area (Å²) in [5.41, 5.74) is 0.0228. The normalized spacial score (nSPS) is 22.8. The minimum Gasteiger partial charge on any atom is -0.375 e. The molecule has 1 aromatic rings. The summed E-state index contributed by atoms with van der Waals surface area (Å²) in [6.07, 6.45) is 9.69. The SMILES string of the molecule is O=C(NCCNc1ccccn1)N[C@H]1CCOC2(CCCCC2)C1. The molecule has 3 N–H and O–H groups in total. The Morgan fingerprint density at radius 2 is 2.12 bits per heavy atom. The summed E-state index contributed by atoms with van der Waals surface area (Å²) in [4.78, 5) is 16.3. The molecule has 1 aliphatic heterocycles. The van der Waals surface area contributed by atoms with E-state index in [1.165, 1.54) is 19.3 Å². The first-order valence-electron chi connectivity index (χ1n) is 9.09. The van der Waals surface area contributed by atoms with Gasteiger partial charge in [-0.3, -0.25) is 0 Å². The highest BCUT2D eigenvalue weighted by atomic mass is 16.5. The summed E-state index contributed by atoms with van der Waals surface area (Å²) < 4.78 is 6.08. The zero-order valence-corrected chi connectivity index (χ0v) is 14.2. The molecule has 0 unspecified atom stereocenters. The quantitative estimate of drug-likeness (QED) is 0.725. The van der Waals surface area contributed by atoms with Crippen LogP contribution in [0.5, 0.6) is 0 Å². The molecule has 3 rings (SSSR count). The van der Waals surface area contributed by atoms with Crippen molar-refractivity contribution in [1.29, 1.82) is 0 Å². The Hall–Kier alpha value is -1.82. The molecule has 2 aliphatic rings. The van der Waals surface area contributed by atoms with Gasteiger partial charge in [-0.15, -0.1) is 0 Å². The first-order valence-corrected chi connectivity index (χ1v) is 9.09. The van der Waals surface area contributed by atoms with E-state index in [9.17, 15) is 4.79 Å². The number of urea groups is 1. The molecule has 1 saturated heterocycles. The molecule has 1 aromatic heterocycles. The lowest BCUT2D eigenvalue weighted by molar-refractivity contribution is -0.107. The first-order chi connectivity index (χ1) is 11.8. The van der Waals surface area contributed by atoms with Crippen LogP contribution in [0, 0.1) is 0 Å². The van der Waals surface area contributed by atoms with Gasteiger partial charge in [0, 0.05) is 31.9 Å². The Morgan fingerprint density at radius 1 is 1.25 bits per heavy atom. The number of rotatable bonds is 5. The van der Waals surface area contributed by atoms with E-state index < -0.39 is 0 Å². The van der Waals surface area contributed by atoms with E-state index in [-0.39, 0.29) is 17.7 Å². The van der Waals surface area contributed by atoms with Crippen LogP contribution in [0.3, 0.4) is 0 Å². The molecule has 24 heavy (non-hydrogen) atoms. The van der Waals surface area contributed by atoms with Crippen molar-refractivity contribution in [2.24, 2.45) is 0 Å². The van der Waals surface area contributed by atoms with Crippen molar-refractivity contribution in [3.8, 4) is 0 Å². The van der Waals surface area contributed by atoms with E-state index in [1.54, 1.807) is 6.20 Å². The molecule has 132 valence electrons. The third-order valence-electron chi connectivity index (χ3n) is 4.97. The second-order valence-corrected chi connectivity index (χ2v) is 6.82. The van der Waals surface area contributed by atoms with Crippen molar-refractivity contribution in [3.05, 3.63) is 24.4 Å². The van der Waals surface area contributed by atoms with Crippen molar-refractivity contribution in [1.82, 2.24) is 15.6 Å².